The van der Waals surface area contributed by atoms with Crippen LogP contribution in [0.1, 0.15) is 147 Å². The molecule has 3 heterocycles. The fourth-order valence-electron chi connectivity index (χ4n) is 15.1. The van der Waals surface area contributed by atoms with Gasteiger partial charge in [-0.15, -0.1) is 0 Å². The zero-order valence-corrected chi connectivity index (χ0v) is 76.7. The van der Waals surface area contributed by atoms with Crippen molar-refractivity contribution >= 4 is 134 Å². The first kappa shape index (κ1) is 112. The van der Waals surface area contributed by atoms with Gasteiger partial charge < -0.3 is 154 Å². The van der Waals surface area contributed by atoms with Crippen LogP contribution < -0.4 is 103 Å². The molecule has 0 saturated carbocycles. The van der Waals surface area contributed by atoms with E-state index in [9.17, 15) is 122 Å². The number of nitrogens with zero attached hydrogens (tertiary/aromatic N) is 1. The Morgan fingerprint density at radius 3 is 1.31 bits per heavy atom. The first-order chi connectivity index (χ1) is 65.2. The van der Waals surface area contributed by atoms with Gasteiger partial charge in [0.2, 0.25) is 94.5 Å². The number of aromatic nitrogens is 2. The van der Waals surface area contributed by atoms with E-state index < -0.39 is 261 Å². The van der Waals surface area contributed by atoms with Crippen LogP contribution in [0.3, 0.4) is 0 Å². The maximum absolute atomic E-state index is 15.0. The Morgan fingerprint density at radius 2 is 0.847 bits per heavy atom. The molecule has 0 aliphatic carbocycles. The number of aromatic hydroxyl groups is 1. The molecule has 48 nitrogen and oxygen atoms in total. The summed E-state index contributed by atoms with van der Waals surface area (Å²) in [6.07, 6.45) is 0.560. The molecule has 1 aliphatic rings. The zero-order valence-electron chi connectivity index (χ0n) is 76.7. The van der Waals surface area contributed by atoms with Gasteiger partial charge in [-0.05, 0) is 149 Å². The van der Waals surface area contributed by atoms with E-state index in [-0.39, 0.29) is 133 Å². The van der Waals surface area contributed by atoms with E-state index in [0.29, 0.717) is 39.4 Å². The van der Waals surface area contributed by atoms with Crippen molar-refractivity contribution in [1.82, 2.24) is 89.3 Å². The molecule has 0 unspecified atom stereocenters. The SMILES string of the molecule is CC[C@H](C)[C@H](NC(=O)[C@@H](N)CC(=O)O)C(=O)N[C@@H](Cc1c[nH]c2ccccc12)C(=O)N[C@@H](Cc1c[nH]c2ccccc12)C(=O)N[C@@H](CC(=O)O)C(=O)NCC(=O)N[C@@H](CCCCN)C(=O)N[C@@H](CCCCN)C(=O)N[C@@H](CO)C(=O)N[C@@H](Cc1ccc(O)cc1)C(=O)N[C@@H](CC(N)=O)C(=O)N1CCC[C@H]1C(=O)N[C@@H](CO)C(=O)N[C@@H](CC(C)C)C(=O)N[C@@H](CCCCN)C(=O)N[C@@H](CO)C(=O)O. The first-order valence-electron chi connectivity index (χ1n) is 45.2. The van der Waals surface area contributed by atoms with E-state index in [1.54, 1.807) is 88.6 Å². The van der Waals surface area contributed by atoms with Gasteiger partial charge in [0.25, 0.3) is 0 Å². The lowest BCUT2D eigenvalue weighted by Crippen LogP contribution is -2.61. The molecular formula is C89H130N22O26. The topological polar surface area (TPSA) is 799 Å². The summed E-state index contributed by atoms with van der Waals surface area (Å²) in [6, 6.07) is -5.85. The summed E-state index contributed by atoms with van der Waals surface area (Å²) in [7, 11) is 0. The second-order valence-corrected chi connectivity index (χ2v) is 33.9. The number of rotatable bonds is 61. The molecule has 33 N–H and O–H groups in total. The molecule has 137 heavy (non-hydrogen) atoms. The summed E-state index contributed by atoms with van der Waals surface area (Å²) in [5.41, 5.74) is 31.2. The van der Waals surface area contributed by atoms with Crippen molar-refractivity contribution in [3.63, 3.8) is 0 Å². The number of hydrogen-bond donors (Lipinski definition) is 28. The van der Waals surface area contributed by atoms with Gasteiger partial charge in [-0.2, -0.15) is 0 Å². The summed E-state index contributed by atoms with van der Waals surface area (Å²) in [6.45, 7) is 2.65. The second kappa shape index (κ2) is 56.5. The number of fused-ring (bicyclic) bond motifs is 2. The Balaban J connectivity index is 1.18. The minimum absolute atomic E-state index is 0.0453. The number of aliphatic carboxylic acids is 3. The second-order valence-electron chi connectivity index (χ2n) is 33.9. The number of nitrogens with one attached hydrogen (secondary N) is 16. The van der Waals surface area contributed by atoms with Crippen LogP contribution in [0.5, 0.6) is 5.75 Å². The first-order valence-corrected chi connectivity index (χ1v) is 45.2. The van der Waals surface area contributed by atoms with Gasteiger partial charge in [0.05, 0.1) is 51.7 Å². The number of primary amides is 1. The fourth-order valence-corrected chi connectivity index (χ4v) is 15.1. The molecule has 2 aromatic heterocycles. The molecular weight excluding hydrogens is 1790 g/mol. The van der Waals surface area contributed by atoms with Crippen molar-refractivity contribution in [3.8, 4) is 5.75 Å². The van der Waals surface area contributed by atoms with Gasteiger partial charge >= 0.3 is 17.9 Å². The molecule has 6 rings (SSSR count). The number of aromatic amines is 2. The van der Waals surface area contributed by atoms with E-state index >= 15 is 4.79 Å². The van der Waals surface area contributed by atoms with Crippen molar-refractivity contribution < 1.29 is 127 Å². The van der Waals surface area contributed by atoms with Crippen LogP contribution >= 0.6 is 0 Å². The van der Waals surface area contributed by atoms with Crippen molar-refractivity contribution in [1.29, 1.82) is 0 Å². The molecule has 0 spiro atoms. The largest absolute Gasteiger partial charge is 0.508 e. The van der Waals surface area contributed by atoms with E-state index in [1.807, 2.05) is 0 Å². The number of benzene rings is 3. The number of likely N-dealkylation sites (tertiary alicyclic amines) is 1. The highest BCUT2D eigenvalue weighted by Crippen LogP contribution is 2.25. The molecule has 5 aromatic rings. The summed E-state index contributed by atoms with van der Waals surface area (Å²) < 4.78 is 0. The van der Waals surface area contributed by atoms with Crippen molar-refractivity contribution in [2.24, 2.45) is 40.5 Å². The van der Waals surface area contributed by atoms with Gasteiger partial charge in [0.15, 0.2) is 0 Å². The van der Waals surface area contributed by atoms with Gasteiger partial charge in [-0.25, -0.2) is 4.79 Å². The average Bonchev–Trinajstić information content (AvgIpc) is 1.64. The van der Waals surface area contributed by atoms with Crippen molar-refractivity contribution in [2.75, 3.05) is 52.5 Å². The van der Waals surface area contributed by atoms with E-state index in [4.69, 9.17) is 28.7 Å². The number of nitrogens with two attached hydrogens (primary N) is 5. The fraction of sp³-hybridized carbons (Fsp3) is 0.539. The number of unbranched alkanes of at least 4 members (excludes halogenated alkanes) is 3. The van der Waals surface area contributed by atoms with Crippen molar-refractivity contribution in [2.45, 2.75) is 240 Å². The Morgan fingerprint density at radius 1 is 0.438 bits per heavy atom. The van der Waals surface area contributed by atoms with Crippen LogP contribution in [-0.4, -0.2) is 306 Å². The summed E-state index contributed by atoms with van der Waals surface area (Å²) in [5, 5.41) is 106. The highest BCUT2D eigenvalue weighted by molar-refractivity contribution is 6.03. The van der Waals surface area contributed by atoms with Crippen LogP contribution in [0.15, 0.2) is 85.2 Å². The molecule has 1 fully saturated rings. The lowest BCUT2D eigenvalue weighted by atomic mass is 9.96. The van der Waals surface area contributed by atoms with E-state index in [2.05, 4.69) is 84.4 Å². The number of phenols is 1. The predicted molar refractivity (Wildman–Crippen MR) is 491 cm³/mol. The van der Waals surface area contributed by atoms with Gasteiger partial charge in [0, 0.05) is 60.0 Å². The summed E-state index contributed by atoms with van der Waals surface area (Å²) in [4.78, 5) is 270. The Kier molecular flexibility index (Phi) is 46.2. The molecule has 0 bridgehead atoms. The van der Waals surface area contributed by atoms with Gasteiger partial charge in [0.1, 0.15) is 90.3 Å². The molecule has 3 aromatic carbocycles. The smallest absolute Gasteiger partial charge is 0.328 e. The molecule has 1 aliphatic heterocycles. The Bertz CT molecular complexity index is 4990. The lowest BCUT2D eigenvalue weighted by molar-refractivity contribution is -0.144. The molecule has 752 valence electrons. The summed E-state index contributed by atoms with van der Waals surface area (Å²) >= 11 is 0. The van der Waals surface area contributed by atoms with Crippen LogP contribution in [-0.2, 0) is 110 Å². The number of amides is 16. The van der Waals surface area contributed by atoms with Gasteiger partial charge in [-0.3, -0.25) is 86.3 Å². The lowest BCUT2D eigenvalue weighted by Gasteiger charge is -2.31. The van der Waals surface area contributed by atoms with E-state index in [1.165, 1.54) is 24.3 Å². The third kappa shape index (κ3) is 35.8. The number of aliphatic hydroxyl groups is 3. The standard InChI is InChI=1S/C89H130N22O26/c1-5-47(4)74(110-75(122)54(93)37-72(118)119)87(134)105-63(36-50-41-96-56-20-9-7-18-53(50)56)83(130)103-62(35-49-40-95-55-19-8-6-17-52(49)55)82(129)104-64(39-73(120)121)76(123)97-42-71(117)98-57(21-10-13-29-90)77(124)99-58(22-11-14-30-91)78(125)107-66(43-112)84(131)102-61(34-48-25-27-51(115)28-26-48)81(128)106-65(38-70(94)116)88(135)111-32-16-24-69(111)86(133)108-67(44-113)85(132)101-60(33-46(2)3)80(127)100-59(23-12-15-31-92)79(126)109-68(45-114)89(136)137/h6-9,17-20,25-28,40-41,46-47,54,57-69,74,95-96,112-115H,5,10-16,21-24,29-39,42-45,90-93H2,1-4H3,(H2,94,116)(H,97,123)(H,98,117)(H,99,124)(H,100,127)(H,101,132)(H,102,131)(H,103,130)(H,104,129)(H,105,134)(H,106,128)(H,107,125)(H,108,133)(H,109,126)(H,110,122)(H,118,119)(H,120,121)(H,136,137)/t47-,54-,57-,58-,59-,60-,61-,62-,63-,64-,65-,66-,67-,68-,69-,74-/m0/s1. The van der Waals surface area contributed by atoms with E-state index in [0.717, 1.165) is 4.90 Å². The van der Waals surface area contributed by atoms with Crippen LogP contribution in [0.2, 0.25) is 0 Å². The number of carbonyl (C=O) groups excluding carboxylic acids is 16. The van der Waals surface area contributed by atoms with Crippen LogP contribution in [0, 0.1) is 11.8 Å². The maximum atomic E-state index is 15.0. The highest BCUT2D eigenvalue weighted by Gasteiger charge is 2.43. The Labute approximate surface area is 788 Å². The van der Waals surface area contributed by atoms with Crippen molar-refractivity contribution in [3.05, 3.63) is 102 Å². The molecule has 16 amide bonds. The van der Waals surface area contributed by atoms with Crippen LogP contribution in [0.25, 0.3) is 21.8 Å². The number of carboxylic acid groups (broad SMARTS) is 3. The third-order valence-electron chi connectivity index (χ3n) is 22.8. The number of para-hydroxylation sites is 2. The maximum Gasteiger partial charge on any atom is 0.328 e. The summed E-state index contributed by atoms with van der Waals surface area (Å²) in [5.74, 6) is -23.0. The average molecular weight is 1920 g/mol. The highest BCUT2D eigenvalue weighted by atomic mass is 16.4. The molecule has 16 atom stereocenters. The minimum atomic E-state index is -2.01. The number of phenolic OH excluding ortho intramolecular Hbond substituents is 1. The third-order valence-corrected chi connectivity index (χ3v) is 22.8. The zero-order chi connectivity index (χ0) is 101. The molecule has 48 heteroatoms. The number of H-pyrrole nitrogens is 2. The molecule has 1 saturated heterocycles. The monoisotopic (exact) mass is 1920 g/mol. The minimum Gasteiger partial charge on any atom is -0.508 e. The number of aliphatic hydroxyl groups excluding tert-OH is 3. The number of carbonyl (C=O) groups is 19. The normalized spacial score (nSPS) is 15.7. The number of hydrogen-bond acceptors (Lipinski definition) is 27. The quantitative estimate of drug-likeness (QED) is 0.0161. The Hall–Kier alpha value is -13.8. The van der Waals surface area contributed by atoms with Gasteiger partial charge in [-0.1, -0.05) is 82.6 Å². The number of carboxylic acids is 3. The molecule has 0 radical (unpaired) electrons. The predicted octanol–water partition coefficient (Wildman–Crippen LogP) is -6.51. The van der Waals surface area contributed by atoms with Crippen LogP contribution in [0.4, 0.5) is 0 Å².